The van der Waals surface area contributed by atoms with Gasteiger partial charge in [0, 0.05) is 35.4 Å². The Kier molecular flexibility index (Phi) is 7.78. The normalized spacial score (nSPS) is 12.1. The molecular weight excluding hydrogens is 264 g/mol. The second kappa shape index (κ2) is 8.81. The van der Waals surface area contributed by atoms with Crippen LogP contribution in [-0.4, -0.2) is 24.5 Å². The maximum atomic E-state index is 3.25. The van der Waals surface area contributed by atoms with E-state index in [0.29, 0.717) is 6.04 Å². The van der Waals surface area contributed by atoms with Crippen molar-refractivity contribution < 1.29 is 0 Å². The Balaban J connectivity index is 2.82. The number of rotatable bonds is 9. The molecule has 1 N–H and O–H groups in total. The second-order valence-electron chi connectivity index (χ2n) is 6.12. The van der Waals surface area contributed by atoms with Gasteiger partial charge in [0.05, 0.1) is 0 Å². The summed E-state index contributed by atoms with van der Waals surface area (Å²) in [6.45, 7) is 14.8. The van der Waals surface area contributed by atoms with Gasteiger partial charge in [-0.15, -0.1) is 11.3 Å². The topological polar surface area (TPSA) is 15.3 Å². The molecule has 0 atom stereocenters. The lowest BCUT2D eigenvalue weighted by Crippen LogP contribution is -2.36. The summed E-state index contributed by atoms with van der Waals surface area (Å²) >= 11 is 1.94. The first-order valence-corrected chi connectivity index (χ1v) is 8.80. The third kappa shape index (κ3) is 5.19. The fourth-order valence-corrected chi connectivity index (χ4v) is 3.91. The van der Waals surface area contributed by atoms with E-state index in [2.05, 4.69) is 50.9 Å². The van der Waals surface area contributed by atoms with Crippen LogP contribution in [-0.2, 0) is 13.1 Å². The Morgan fingerprint density at radius 3 is 2.40 bits per heavy atom. The predicted molar refractivity (Wildman–Crippen MR) is 91.4 cm³/mol. The number of nitrogens with one attached hydrogen (secondary N) is 1. The van der Waals surface area contributed by atoms with Crippen molar-refractivity contribution in [2.75, 3.05) is 13.6 Å². The molecule has 0 fully saturated rings. The summed E-state index contributed by atoms with van der Waals surface area (Å²) in [5, 5.41) is 3.25. The number of hydrogen-bond acceptors (Lipinski definition) is 3. The van der Waals surface area contributed by atoms with E-state index in [1.165, 1.54) is 34.7 Å². The average molecular weight is 297 g/mol. The molecular formula is C17H32N2S. The molecule has 0 saturated heterocycles. The molecule has 116 valence electrons. The average Bonchev–Trinajstić information content (AvgIpc) is 2.71. The monoisotopic (exact) mass is 296 g/mol. The standard InChI is InChI=1S/C17H32N2S/c1-7-16(8-2)19(11-13(3)4)12-15-9-17(10-18-6)20-14(15)5/h9,13,16,18H,7-8,10-12H2,1-6H3. The molecule has 0 aliphatic heterocycles. The minimum atomic E-state index is 0.712. The zero-order valence-electron chi connectivity index (χ0n) is 14.1. The van der Waals surface area contributed by atoms with Gasteiger partial charge in [-0.1, -0.05) is 27.7 Å². The zero-order chi connectivity index (χ0) is 15.1. The first kappa shape index (κ1) is 17.7. The third-order valence-electron chi connectivity index (χ3n) is 3.85. The first-order chi connectivity index (χ1) is 9.51. The van der Waals surface area contributed by atoms with Crippen LogP contribution < -0.4 is 5.32 Å². The lowest BCUT2D eigenvalue weighted by atomic mass is 10.1. The maximum absolute atomic E-state index is 3.25. The van der Waals surface area contributed by atoms with Crippen molar-refractivity contribution in [2.45, 2.75) is 66.6 Å². The molecule has 0 saturated carbocycles. The van der Waals surface area contributed by atoms with Crippen LogP contribution in [0, 0.1) is 12.8 Å². The maximum Gasteiger partial charge on any atom is 0.0296 e. The number of nitrogens with zero attached hydrogens (tertiary/aromatic N) is 1. The van der Waals surface area contributed by atoms with E-state index < -0.39 is 0 Å². The highest BCUT2D eigenvalue weighted by molar-refractivity contribution is 7.12. The lowest BCUT2D eigenvalue weighted by molar-refractivity contribution is 0.157. The van der Waals surface area contributed by atoms with Crippen LogP contribution in [0.4, 0.5) is 0 Å². The van der Waals surface area contributed by atoms with Crippen molar-refractivity contribution >= 4 is 11.3 Å². The van der Waals surface area contributed by atoms with E-state index in [1.807, 2.05) is 18.4 Å². The van der Waals surface area contributed by atoms with Crippen LogP contribution in [0.2, 0.25) is 0 Å². The van der Waals surface area contributed by atoms with Crippen LogP contribution in [0.15, 0.2) is 6.07 Å². The Morgan fingerprint density at radius 1 is 1.25 bits per heavy atom. The van der Waals surface area contributed by atoms with E-state index in [1.54, 1.807) is 0 Å². The van der Waals surface area contributed by atoms with Crippen molar-refractivity contribution in [3.63, 3.8) is 0 Å². The SMILES string of the molecule is CCC(CC)N(Cc1cc(CNC)sc1C)CC(C)C. The van der Waals surface area contributed by atoms with Crippen LogP contribution in [0.3, 0.4) is 0 Å². The van der Waals surface area contributed by atoms with Crippen molar-refractivity contribution in [1.82, 2.24) is 10.2 Å². The zero-order valence-corrected chi connectivity index (χ0v) is 14.9. The summed E-state index contributed by atoms with van der Waals surface area (Å²) in [4.78, 5) is 5.62. The molecule has 1 aromatic rings. The molecule has 0 unspecified atom stereocenters. The Labute approximate surface area is 129 Å². The van der Waals surface area contributed by atoms with Crippen molar-refractivity contribution in [3.8, 4) is 0 Å². The summed E-state index contributed by atoms with van der Waals surface area (Å²) in [7, 11) is 2.02. The molecule has 20 heavy (non-hydrogen) atoms. The number of aryl methyl sites for hydroxylation is 1. The molecule has 0 aliphatic rings. The van der Waals surface area contributed by atoms with Gasteiger partial charge >= 0.3 is 0 Å². The summed E-state index contributed by atoms with van der Waals surface area (Å²) in [6.07, 6.45) is 2.49. The van der Waals surface area contributed by atoms with Gasteiger partial charge in [-0.25, -0.2) is 0 Å². The summed E-state index contributed by atoms with van der Waals surface area (Å²) in [5.41, 5.74) is 1.52. The molecule has 0 bridgehead atoms. The van der Waals surface area contributed by atoms with Gasteiger partial charge in [-0.2, -0.15) is 0 Å². The third-order valence-corrected chi connectivity index (χ3v) is 4.95. The van der Waals surface area contributed by atoms with E-state index in [9.17, 15) is 0 Å². The van der Waals surface area contributed by atoms with Gasteiger partial charge in [0.1, 0.15) is 0 Å². The molecule has 0 aromatic carbocycles. The molecule has 0 radical (unpaired) electrons. The van der Waals surface area contributed by atoms with E-state index >= 15 is 0 Å². The van der Waals surface area contributed by atoms with Crippen LogP contribution in [0.25, 0.3) is 0 Å². The number of thiophene rings is 1. The highest BCUT2D eigenvalue weighted by Gasteiger charge is 2.18. The fraction of sp³-hybridized carbons (Fsp3) is 0.765. The predicted octanol–water partition coefficient (Wildman–Crippen LogP) is 4.42. The molecule has 1 aromatic heterocycles. The van der Waals surface area contributed by atoms with Crippen molar-refractivity contribution in [1.29, 1.82) is 0 Å². The van der Waals surface area contributed by atoms with E-state index in [0.717, 1.165) is 19.0 Å². The minimum absolute atomic E-state index is 0.712. The van der Waals surface area contributed by atoms with Gasteiger partial charge in [0.15, 0.2) is 0 Å². The summed E-state index contributed by atoms with van der Waals surface area (Å²) in [6, 6.07) is 3.11. The minimum Gasteiger partial charge on any atom is -0.315 e. The molecule has 3 heteroatoms. The van der Waals surface area contributed by atoms with Gasteiger partial charge in [-0.05, 0) is 44.4 Å². The van der Waals surface area contributed by atoms with Gasteiger partial charge in [-0.3, -0.25) is 4.90 Å². The lowest BCUT2D eigenvalue weighted by Gasteiger charge is -2.32. The Hall–Kier alpha value is -0.380. The van der Waals surface area contributed by atoms with Crippen LogP contribution in [0.1, 0.15) is 55.9 Å². The summed E-state index contributed by atoms with van der Waals surface area (Å²) < 4.78 is 0. The first-order valence-electron chi connectivity index (χ1n) is 7.98. The smallest absolute Gasteiger partial charge is 0.0296 e. The Bertz CT molecular complexity index is 380. The van der Waals surface area contributed by atoms with Gasteiger partial charge < -0.3 is 5.32 Å². The highest BCUT2D eigenvalue weighted by atomic mass is 32.1. The molecule has 2 nitrogen and oxygen atoms in total. The fourth-order valence-electron chi connectivity index (χ4n) is 2.84. The van der Waals surface area contributed by atoms with Gasteiger partial charge in [0.25, 0.3) is 0 Å². The quantitative estimate of drug-likeness (QED) is 0.725. The highest BCUT2D eigenvalue weighted by Crippen LogP contribution is 2.25. The van der Waals surface area contributed by atoms with E-state index in [-0.39, 0.29) is 0 Å². The van der Waals surface area contributed by atoms with Crippen LogP contribution >= 0.6 is 11.3 Å². The number of hydrogen-bond donors (Lipinski definition) is 1. The Morgan fingerprint density at radius 2 is 1.90 bits per heavy atom. The molecule has 1 rings (SSSR count). The largest absolute Gasteiger partial charge is 0.315 e. The summed E-state index contributed by atoms with van der Waals surface area (Å²) in [5.74, 6) is 0.728. The second-order valence-corrected chi connectivity index (χ2v) is 7.46. The van der Waals surface area contributed by atoms with Crippen molar-refractivity contribution in [2.24, 2.45) is 5.92 Å². The van der Waals surface area contributed by atoms with E-state index in [4.69, 9.17) is 0 Å². The molecule has 0 spiro atoms. The molecule has 0 amide bonds. The molecule has 0 aliphatic carbocycles. The molecule has 1 heterocycles. The van der Waals surface area contributed by atoms with Crippen molar-refractivity contribution in [3.05, 3.63) is 21.4 Å². The van der Waals surface area contributed by atoms with Gasteiger partial charge in [0.2, 0.25) is 0 Å². The van der Waals surface area contributed by atoms with Crippen LogP contribution in [0.5, 0.6) is 0 Å².